The molecule has 0 aliphatic rings. The quantitative estimate of drug-likeness (QED) is 0.482. The number of hydrogen-bond acceptors (Lipinski definition) is 7. The smallest absolute Gasteiger partial charge is 0.256 e. The van der Waals surface area contributed by atoms with Crippen LogP contribution in [0.5, 0.6) is 0 Å². The number of carbonyl (C=O) groups is 1. The van der Waals surface area contributed by atoms with Crippen molar-refractivity contribution in [1.82, 2.24) is 29.1 Å². The maximum atomic E-state index is 12.4. The fraction of sp³-hybridized carbons (Fsp3) is 0.182. The van der Waals surface area contributed by atoms with Crippen LogP contribution < -0.4 is 16.2 Å². The third kappa shape index (κ3) is 4.69. The maximum Gasteiger partial charge on any atom is 0.256 e. The molecular formula is C22H22N8O2. The second-order valence-corrected chi connectivity index (χ2v) is 7.27. The van der Waals surface area contributed by atoms with Gasteiger partial charge in [0.25, 0.3) is 5.56 Å². The van der Waals surface area contributed by atoms with Crippen LogP contribution in [0.2, 0.25) is 0 Å². The van der Waals surface area contributed by atoms with Crippen LogP contribution >= 0.6 is 0 Å². The van der Waals surface area contributed by atoms with Crippen LogP contribution in [0.3, 0.4) is 0 Å². The summed E-state index contributed by atoms with van der Waals surface area (Å²) in [5.74, 6) is 1.66. The minimum atomic E-state index is -0.311. The molecule has 4 aromatic rings. The SMILES string of the molecule is Cc1nc(Nc2ccc(NC(=O)Cn3cnc(C)c(C)c3=O)cc2)cc(-n2ccnc2)n1. The Balaban J connectivity index is 1.42. The summed E-state index contributed by atoms with van der Waals surface area (Å²) in [6, 6.07) is 9.01. The van der Waals surface area contributed by atoms with Gasteiger partial charge in [0, 0.05) is 41.1 Å². The largest absolute Gasteiger partial charge is 0.340 e. The number of aromatic nitrogens is 6. The highest BCUT2D eigenvalue weighted by Gasteiger charge is 2.09. The minimum Gasteiger partial charge on any atom is -0.340 e. The molecule has 32 heavy (non-hydrogen) atoms. The van der Waals surface area contributed by atoms with Crippen molar-refractivity contribution in [3.63, 3.8) is 0 Å². The van der Waals surface area contributed by atoms with E-state index < -0.39 is 0 Å². The average Bonchev–Trinajstić information content (AvgIpc) is 3.30. The summed E-state index contributed by atoms with van der Waals surface area (Å²) in [6.07, 6.45) is 6.56. The molecule has 0 radical (unpaired) electrons. The predicted octanol–water partition coefficient (Wildman–Crippen LogP) is 2.53. The summed E-state index contributed by atoms with van der Waals surface area (Å²) in [5, 5.41) is 6.02. The van der Waals surface area contributed by atoms with E-state index in [9.17, 15) is 9.59 Å². The van der Waals surface area contributed by atoms with Gasteiger partial charge in [-0.1, -0.05) is 0 Å². The number of benzene rings is 1. The maximum absolute atomic E-state index is 12.4. The number of rotatable bonds is 6. The third-order valence-corrected chi connectivity index (χ3v) is 4.86. The first kappa shape index (κ1) is 20.9. The zero-order chi connectivity index (χ0) is 22.7. The highest BCUT2D eigenvalue weighted by atomic mass is 16.2. The van der Waals surface area contributed by atoms with Crippen molar-refractivity contribution in [2.24, 2.45) is 0 Å². The molecule has 4 rings (SSSR count). The van der Waals surface area contributed by atoms with Crippen molar-refractivity contribution in [2.45, 2.75) is 27.3 Å². The fourth-order valence-corrected chi connectivity index (χ4v) is 3.07. The summed E-state index contributed by atoms with van der Waals surface area (Å²) in [5.41, 5.74) is 2.38. The van der Waals surface area contributed by atoms with Crippen molar-refractivity contribution in [1.29, 1.82) is 0 Å². The molecule has 0 saturated heterocycles. The Morgan fingerprint density at radius 2 is 1.78 bits per heavy atom. The second kappa shape index (κ2) is 8.80. The highest BCUT2D eigenvalue weighted by molar-refractivity contribution is 5.90. The van der Waals surface area contributed by atoms with E-state index >= 15 is 0 Å². The topological polar surface area (TPSA) is 120 Å². The lowest BCUT2D eigenvalue weighted by Crippen LogP contribution is -2.29. The summed E-state index contributed by atoms with van der Waals surface area (Å²) >= 11 is 0. The molecule has 2 N–H and O–H groups in total. The van der Waals surface area contributed by atoms with Gasteiger partial charge in [0.1, 0.15) is 30.3 Å². The number of imidazole rings is 1. The molecule has 0 aliphatic carbocycles. The molecule has 0 spiro atoms. The Morgan fingerprint density at radius 3 is 2.50 bits per heavy atom. The van der Waals surface area contributed by atoms with Gasteiger partial charge in [-0.25, -0.2) is 19.9 Å². The molecule has 0 atom stereocenters. The zero-order valence-electron chi connectivity index (χ0n) is 17.9. The fourth-order valence-electron chi connectivity index (χ4n) is 3.07. The molecule has 0 saturated carbocycles. The number of nitrogens with zero attached hydrogens (tertiary/aromatic N) is 6. The lowest BCUT2D eigenvalue weighted by Gasteiger charge is -2.11. The van der Waals surface area contributed by atoms with Crippen molar-refractivity contribution in [3.05, 3.63) is 82.8 Å². The van der Waals surface area contributed by atoms with E-state index in [0.29, 0.717) is 34.4 Å². The van der Waals surface area contributed by atoms with E-state index in [1.54, 1.807) is 43.1 Å². The van der Waals surface area contributed by atoms with E-state index in [1.807, 2.05) is 31.3 Å². The monoisotopic (exact) mass is 430 g/mol. The first-order chi connectivity index (χ1) is 15.4. The molecule has 10 heteroatoms. The van der Waals surface area contributed by atoms with Gasteiger partial charge in [-0.05, 0) is 45.0 Å². The van der Waals surface area contributed by atoms with Gasteiger partial charge in [-0.2, -0.15) is 0 Å². The van der Waals surface area contributed by atoms with Crippen LogP contribution in [0.15, 0.2) is 60.2 Å². The van der Waals surface area contributed by atoms with Gasteiger partial charge in [0.15, 0.2) is 0 Å². The average molecular weight is 430 g/mol. The van der Waals surface area contributed by atoms with Gasteiger partial charge in [-0.15, -0.1) is 0 Å². The van der Waals surface area contributed by atoms with E-state index in [0.717, 1.165) is 5.69 Å². The standard InChI is InChI=1S/C22H22N8O2/c1-14-15(2)24-13-30(22(14)32)11-21(31)28-18-6-4-17(5-7-18)27-19-10-20(26-16(3)25-19)29-9-8-23-12-29/h4-10,12-13H,11H2,1-3H3,(H,28,31)(H,25,26,27). The molecular weight excluding hydrogens is 408 g/mol. The number of amides is 1. The zero-order valence-corrected chi connectivity index (χ0v) is 17.9. The Kier molecular flexibility index (Phi) is 5.75. The Bertz CT molecular complexity index is 1310. The van der Waals surface area contributed by atoms with Gasteiger partial charge < -0.3 is 10.6 Å². The molecule has 0 bridgehead atoms. The highest BCUT2D eigenvalue weighted by Crippen LogP contribution is 2.19. The third-order valence-electron chi connectivity index (χ3n) is 4.86. The van der Waals surface area contributed by atoms with Crippen molar-refractivity contribution >= 4 is 23.1 Å². The van der Waals surface area contributed by atoms with Crippen molar-refractivity contribution < 1.29 is 4.79 Å². The number of aryl methyl sites for hydroxylation is 2. The molecule has 0 fully saturated rings. The number of anilines is 3. The molecule has 162 valence electrons. The molecule has 0 unspecified atom stereocenters. The molecule has 3 heterocycles. The summed E-state index contributed by atoms with van der Waals surface area (Å²) in [4.78, 5) is 41.6. The summed E-state index contributed by atoms with van der Waals surface area (Å²) < 4.78 is 3.10. The Morgan fingerprint density at radius 1 is 1.03 bits per heavy atom. The van der Waals surface area contributed by atoms with Crippen LogP contribution in [0.25, 0.3) is 5.82 Å². The van der Waals surface area contributed by atoms with Crippen LogP contribution in [-0.2, 0) is 11.3 Å². The van der Waals surface area contributed by atoms with Crippen LogP contribution in [-0.4, -0.2) is 35.0 Å². The minimum absolute atomic E-state index is 0.107. The molecule has 1 aromatic carbocycles. The van der Waals surface area contributed by atoms with Gasteiger partial charge >= 0.3 is 0 Å². The first-order valence-electron chi connectivity index (χ1n) is 9.92. The van der Waals surface area contributed by atoms with Crippen LogP contribution in [0, 0.1) is 20.8 Å². The van der Waals surface area contributed by atoms with E-state index in [2.05, 4.69) is 30.6 Å². The molecule has 1 amide bonds. The lowest BCUT2D eigenvalue weighted by molar-refractivity contribution is -0.116. The van der Waals surface area contributed by atoms with E-state index in [1.165, 1.54) is 10.9 Å². The first-order valence-corrected chi connectivity index (χ1v) is 9.92. The Labute approximate surface area is 184 Å². The number of hydrogen-bond donors (Lipinski definition) is 2. The van der Waals surface area contributed by atoms with Gasteiger partial charge in [0.05, 0.1) is 6.33 Å². The normalized spacial score (nSPS) is 10.7. The van der Waals surface area contributed by atoms with Gasteiger partial charge in [-0.3, -0.25) is 18.7 Å². The summed E-state index contributed by atoms with van der Waals surface area (Å²) in [6.45, 7) is 5.17. The molecule has 10 nitrogen and oxygen atoms in total. The van der Waals surface area contributed by atoms with Gasteiger partial charge in [0.2, 0.25) is 5.91 Å². The van der Waals surface area contributed by atoms with Crippen molar-refractivity contribution in [2.75, 3.05) is 10.6 Å². The number of nitrogens with one attached hydrogen (secondary N) is 2. The van der Waals surface area contributed by atoms with E-state index in [-0.39, 0.29) is 18.0 Å². The van der Waals surface area contributed by atoms with Crippen molar-refractivity contribution in [3.8, 4) is 5.82 Å². The summed E-state index contributed by atoms with van der Waals surface area (Å²) in [7, 11) is 0. The molecule has 3 aromatic heterocycles. The lowest BCUT2D eigenvalue weighted by atomic mass is 10.2. The molecule has 0 aliphatic heterocycles. The number of carbonyl (C=O) groups excluding carboxylic acids is 1. The predicted molar refractivity (Wildman–Crippen MR) is 120 cm³/mol. The van der Waals surface area contributed by atoms with E-state index in [4.69, 9.17) is 0 Å². The second-order valence-electron chi connectivity index (χ2n) is 7.27. The van der Waals surface area contributed by atoms with Crippen LogP contribution in [0.4, 0.5) is 17.2 Å². The van der Waals surface area contributed by atoms with Crippen LogP contribution in [0.1, 0.15) is 17.1 Å². The Hall–Kier alpha value is -4.34.